The first-order valence-electron chi connectivity index (χ1n) is 5.90. The molecule has 1 aliphatic carbocycles. The molecular formula is C16H18O. The van der Waals surface area contributed by atoms with Gasteiger partial charge in [-0.2, -0.15) is 0 Å². The molecule has 0 saturated heterocycles. The van der Waals surface area contributed by atoms with Crippen molar-refractivity contribution in [2.24, 2.45) is 5.41 Å². The summed E-state index contributed by atoms with van der Waals surface area (Å²) in [7, 11) is 0. The summed E-state index contributed by atoms with van der Waals surface area (Å²) in [4.78, 5) is 0. The smallest absolute Gasteiger partial charge is 0.104 e. The van der Waals surface area contributed by atoms with Crippen LogP contribution in [0.25, 0.3) is 0 Å². The molecule has 1 aromatic carbocycles. The minimum atomic E-state index is -0.550. The van der Waals surface area contributed by atoms with Crippen molar-refractivity contribution in [3.8, 4) is 0 Å². The van der Waals surface area contributed by atoms with Gasteiger partial charge in [0, 0.05) is 5.41 Å². The number of hydrogen-bond acceptors (Lipinski definition) is 1. The topological polar surface area (TPSA) is 20.2 Å². The second-order valence-corrected chi connectivity index (χ2v) is 4.99. The van der Waals surface area contributed by atoms with E-state index in [1.165, 1.54) is 0 Å². The lowest BCUT2D eigenvalue weighted by atomic mass is 9.92. The van der Waals surface area contributed by atoms with Crippen LogP contribution in [0.2, 0.25) is 0 Å². The third-order valence-electron chi connectivity index (χ3n) is 2.95. The van der Waals surface area contributed by atoms with Crippen LogP contribution in [-0.2, 0) is 0 Å². The normalized spacial score (nSPS) is 19.6. The van der Waals surface area contributed by atoms with Crippen LogP contribution in [-0.4, -0.2) is 5.11 Å². The highest BCUT2D eigenvalue weighted by Crippen LogP contribution is 2.28. The van der Waals surface area contributed by atoms with Gasteiger partial charge in [-0.3, -0.25) is 0 Å². The molecule has 1 N–H and O–H groups in total. The molecule has 2 rings (SSSR count). The lowest BCUT2D eigenvalue weighted by Crippen LogP contribution is -2.02. The molecule has 1 nitrogen and oxygen atoms in total. The van der Waals surface area contributed by atoms with Crippen molar-refractivity contribution in [3.05, 3.63) is 71.8 Å². The third kappa shape index (κ3) is 2.95. The Kier molecular flexibility index (Phi) is 3.30. The zero-order chi connectivity index (χ0) is 12.3. The van der Waals surface area contributed by atoms with Gasteiger partial charge in [0.15, 0.2) is 0 Å². The van der Waals surface area contributed by atoms with Gasteiger partial charge in [-0.15, -0.1) is 0 Å². The van der Waals surface area contributed by atoms with Crippen LogP contribution in [0.15, 0.2) is 66.3 Å². The van der Waals surface area contributed by atoms with E-state index in [1.807, 2.05) is 48.6 Å². The lowest BCUT2D eigenvalue weighted by molar-refractivity contribution is 0.219. The summed E-state index contributed by atoms with van der Waals surface area (Å²) in [6, 6.07) is 9.73. The molecule has 1 aliphatic rings. The average Bonchev–Trinajstić information content (AvgIpc) is 2.50. The molecule has 1 aromatic rings. The highest BCUT2D eigenvalue weighted by molar-refractivity contribution is 5.37. The molecule has 0 radical (unpaired) electrons. The van der Waals surface area contributed by atoms with E-state index in [1.54, 1.807) is 0 Å². The van der Waals surface area contributed by atoms with Crippen LogP contribution in [0.1, 0.15) is 25.5 Å². The van der Waals surface area contributed by atoms with Crippen molar-refractivity contribution in [2.45, 2.75) is 20.0 Å². The second-order valence-electron chi connectivity index (χ2n) is 4.99. The molecular weight excluding hydrogens is 208 g/mol. The summed E-state index contributed by atoms with van der Waals surface area (Å²) in [6.07, 6.45) is 9.70. The summed E-state index contributed by atoms with van der Waals surface area (Å²) < 4.78 is 0. The summed E-state index contributed by atoms with van der Waals surface area (Å²) in [5.41, 5.74) is 1.91. The Bertz CT molecular complexity index is 464. The van der Waals surface area contributed by atoms with E-state index >= 15 is 0 Å². The Morgan fingerprint density at radius 1 is 1.06 bits per heavy atom. The van der Waals surface area contributed by atoms with Gasteiger partial charge in [-0.25, -0.2) is 0 Å². The number of hydrogen-bond donors (Lipinski definition) is 1. The quantitative estimate of drug-likeness (QED) is 0.813. The molecule has 1 heteroatoms. The molecule has 0 spiro atoms. The molecule has 0 fully saturated rings. The number of rotatable bonds is 2. The monoisotopic (exact) mass is 226 g/mol. The number of aliphatic hydroxyl groups excluding tert-OH is 1. The average molecular weight is 226 g/mol. The van der Waals surface area contributed by atoms with E-state index in [9.17, 15) is 5.11 Å². The van der Waals surface area contributed by atoms with E-state index in [0.29, 0.717) is 0 Å². The van der Waals surface area contributed by atoms with Crippen LogP contribution in [0.3, 0.4) is 0 Å². The van der Waals surface area contributed by atoms with E-state index in [4.69, 9.17) is 0 Å². The Morgan fingerprint density at radius 3 is 2.47 bits per heavy atom. The lowest BCUT2D eigenvalue weighted by Gasteiger charge is -2.14. The van der Waals surface area contributed by atoms with Crippen molar-refractivity contribution in [2.75, 3.05) is 0 Å². The van der Waals surface area contributed by atoms with Crippen LogP contribution in [0, 0.1) is 5.41 Å². The maximum Gasteiger partial charge on any atom is 0.104 e. The Hall–Kier alpha value is -1.60. The predicted molar refractivity (Wildman–Crippen MR) is 71.5 cm³/mol. The SMILES string of the molecule is CC1(C)C=CC=C(C(O)c2ccccc2)C=C1. The molecule has 1 unspecified atom stereocenters. The van der Waals surface area contributed by atoms with Gasteiger partial charge in [-0.05, 0) is 11.1 Å². The molecule has 0 saturated carbocycles. The summed E-state index contributed by atoms with van der Waals surface area (Å²) in [5.74, 6) is 0. The fourth-order valence-corrected chi connectivity index (χ4v) is 1.84. The van der Waals surface area contributed by atoms with Gasteiger partial charge in [0.05, 0.1) is 0 Å². The zero-order valence-electron chi connectivity index (χ0n) is 10.3. The van der Waals surface area contributed by atoms with Gasteiger partial charge in [0.2, 0.25) is 0 Å². The van der Waals surface area contributed by atoms with Crippen molar-refractivity contribution in [1.29, 1.82) is 0 Å². The fraction of sp³-hybridized carbons (Fsp3) is 0.250. The van der Waals surface area contributed by atoms with E-state index in [0.717, 1.165) is 11.1 Å². The third-order valence-corrected chi connectivity index (χ3v) is 2.95. The standard InChI is InChI=1S/C16H18O/c1-16(2)11-6-9-14(10-12-16)15(17)13-7-4-3-5-8-13/h3-12,15,17H,1-2H3. The summed E-state index contributed by atoms with van der Waals surface area (Å²) in [5, 5.41) is 10.3. The predicted octanol–water partition coefficient (Wildman–Crippen LogP) is 3.80. The first-order valence-corrected chi connectivity index (χ1v) is 5.90. The van der Waals surface area contributed by atoms with Crippen molar-refractivity contribution < 1.29 is 5.11 Å². The molecule has 0 aliphatic heterocycles. The number of allylic oxidation sites excluding steroid dienone is 4. The molecule has 88 valence electrons. The van der Waals surface area contributed by atoms with Gasteiger partial charge in [-0.1, -0.05) is 74.6 Å². The van der Waals surface area contributed by atoms with Crippen molar-refractivity contribution in [3.63, 3.8) is 0 Å². The Balaban J connectivity index is 2.25. The summed E-state index contributed by atoms with van der Waals surface area (Å²) >= 11 is 0. The maximum absolute atomic E-state index is 10.3. The van der Waals surface area contributed by atoms with Gasteiger partial charge >= 0.3 is 0 Å². The fourth-order valence-electron chi connectivity index (χ4n) is 1.84. The van der Waals surface area contributed by atoms with Crippen LogP contribution >= 0.6 is 0 Å². The molecule has 17 heavy (non-hydrogen) atoms. The molecule has 0 amide bonds. The molecule has 1 atom stereocenters. The van der Waals surface area contributed by atoms with Crippen LogP contribution < -0.4 is 0 Å². The first-order chi connectivity index (χ1) is 8.08. The zero-order valence-corrected chi connectivity index (χ0v) is 10.3. The summed E-state index contributed by atoms with van der Waals surface area (Å²) in [6.45, 7) is 4.29. The highest BCUT2D eigenvalue weighted by atomic mass is 16.3. The van der Waals surface area contributed by atoms with Gasteiger partial charge in [0.25, 0.3) is 0 Å². The van der Waals surface area contributed by atoms with E-state index in [2.05, 4.69) is 26.0 Å². The van der Waals surface area contributed by atoms with Crippen LogP contribution in [0.4, 0.5) is 0 Å². The maximum atomic E-state index is 10.3. The highest BCUT2D eigenvalue weighted by Gasteiger charge is 2.15. The van der Waals surface area contributed by atoms with E-state index < -0.39 is 6.10 Å². The first kappa shape index (κ1) is 11.9. The Labute approximate surface area is 103 Å². The number of aliphatic hydroxyl groups is 1. The molecule has 0 aromatic heterocycles. The minimum absolute atomic E-state index is 0.0503. The molecule has 0 bridgehead atoms. The van der Waals surface area contributed by atoms with E-state index in [-0.39, 0.29) is 5.41 Å². The van der Waals surface area contributed by atoms with Crippen LogP contribution in [0.5, 0.6) is 0 Å². The van der Waals surface area contributed by atoms with Gasteiger partial charge in [0.1, 0.15) is 6.10 Å². The van der Waals surface area contributed by atoms with Gasteiger partial charge < -0.3 is 5.11 Å². The minimum Gasteiger partial charge on any atom is -0.384 e. The van der Waals surface area contributed by atoms with Crippen molar-refractivity contribution in [1.82, 2.24) is 0 Å². The van der Waals surface area contributed by atoms with Crippen molar-refractivity contribution >= 4 is 0 Å². The Morgan fingerprint density at radius 2 is 1.76 bits per heavy atom. The number of benzene rings is 1. The molecule has 0 heterocycles. The largest absolute Gasteiger partial charge is 0.384 e. The second kappa shape index (κ2) is 4.72.